The number of ether oxygens (including phenoxy) is 1. The molecule has 148 valence electrons. The number of piperazine rings is 1. The monoisotopic (exact) mass is 372 g/mol. The lowest BCUT2D eigenvalue weighted by Gasteiger charge is -2.36. The first-order valence-corrected chi connectivity index (χ1v) is 9.78. The minimum absolute atomic E-state index is 0.133. The lowest BCUT2D eigenvalue weighted by molar-refractivity contribution is -0.143. The van der Waals surface area contributed by atoms with E-state index < -0.39 is 0 Å². The van der Waals surface area contributed by atoms with Crippen molar-refractivity contribution < 1.29 is 9.53 Å². The lowest BCUT2D eigenvalue weighted by Crippen LogP contribution is -2.52. The van der Waals surface area contributed by atoms with Gasteiger partial charge in [-0.25, -0.2) is 0 Å². The Labute approximate surface area is 162 Å². The number of nitrogens with one attached hydrogen (secondary N) is 1. The second-order valence-corrected chi connectivity index (χ2v) is 6.48. The molecule has 0 radical (unpaired) electrons. The molecule has 27 heavy (non-hydrogen) atoms. The van der Waals surface area contributed by atoms with Crippen molar-refractivity contribution in [2.75, 3.05) is 52.9 Å². The second-order valence-electron chi connectivity index (χ2n) is 6.48. The van der Waals surface area contributed by atoms with Gasteiger partial charge in [0.25, 0.3) is 0 Å². The minimum atomic E-state index is -0.133. The van der Waals surface area contributed by atoms with Crippen LogP contribution in [0.5, 0.6) is 0 Å². The van der Waals surface area contributed by atoms with E-state index >= 15 is 0 Å². The maximum Gasteiger partial charge on any atom is 0.305 e. The summed E-state index contributed by atoms with van der Waals surface area (Å²) in [5.74, 6) is 0.782. The Morgan fingerprint density at radius 3 is 2.63 bits per heavy atom. The molecule has 0 saturated carbocycles. The highest BCUT2D eigenvalue weighted by Gasteiger charge is 2.18. The van der Waals surface area contributed by atoms with Crippen LogP contribution in [0.1, 0.15) is 25.3 Å². The number of benzene rings is 1. The van der Waals surface area contributed by atoms with E-state index in [4.69, 9.17) is 4.74 Å². The standard InChI is InChI=1S/C21H32N4O2/c1-3-27-20(26)12-7-13-23-21(22-2)25-17-15-24(16-18-25)14-8-11-19-9-5-4-6-10-19/h4-6,8-11H,3,7,12-18H2,1-2H3,(H,22,23)/b11-8+. The predicted octanol–water partition coefficient (Wildman–Crippen LogP) is 2.24. The molecule has 0 aliphatic carbocycles. The van der Waals surface area contributed by atoms with E-state index in [0.717, 1.165) is 51.6 Å². The van der Waals surface area contributed by atoms with Crippen molar-refractivity contribution in [2.24, 2.45) is 4.99 Å². The summed E-state index contributed by atoms with van der Waals surface area (Å²) in [4.78, 5) is 20.5. The van der Waals surface area contributed by atoms with E-state index in [1.165, 1.54) is 5.56 Å². The third-order valence-corrected chi connectivity index (χ3v) is 4.50. The Balaban J connectivity index is 1.65. The van der Waals surface area contributed by atoms with E-state index in [1.54, 1.807) is 0 Å². The number of rotatable bonds is 8. The summed E-state index contributed by atoms with van der Waals surface area (Å²) in [6.45, 7) is 7.91. The molecule has 1 aliphatic heterocycles. The Morgan fingerprint density at radius 2 is 1.96 bits per heavy atom. The van der Waals surface area contributed by atoms with Gasteiger partial charge in [-0.05, 0) is 18.9 Å². The van der Waals surface area contributed by atoms with Gasteiger partial charge < -0.3 is 15.0 Å². The molecular formula is C21H32N4O2. The van der Waals surface area contributed by atoms with Gasteiger partial charge >= 0.3 is 5.97 Å². The third-order valence-electron chi connectivity index (χ3n) is 4.50. The molecule has 1 saturated heterocycles. The van der Waals surface area contributed by atoms with E-state index in [0.29, 0.717) is 13.0 Å². The zero-order valence-corrected chi connectivity index (χ0v) is 16.6. The first-order chi connectivity index (χ1) is 13.2. The van der Waals surface area contributed by atoms with Gasteiger partial charge in [0.05, 0.1) is 6.61 Å². The van der Waals surface area contributed by atoms with Crippen molar-refractivity contribution in [3.63, 3.8) is 0 Å². The summed E-state index contributed by atoms with van der Waals surface area (Å²) in [5, 5.41) is 3.35. The molecule has 0 spiro atoms. The van der Waals surface area contributed by atoms with Crippen LogP contribution in [0.4, 0.5) is 0 Å². The van der Waals surface area contributed by atoms with E-state index in [-0.39, 0.29) is 5.97 Å². The Hall–Kier alpha value is -2.34. The first-order valence-electron chi connectivity index (χ1n) is 9.78. The number of guanidine groups is 1. The molecule has 1 fully saturated rings. The number of aliphatic imine (C=N–C) groups is 1. The average molecular weight is 373 g/mol. The molecule has 0 atom stereocenters. The van der Waals surface area contributed by atoms with Gasteiger partial charge in [-0.3, -0.25) is 14.7 Å². The number of hydrogen-bond acceptors (Lipinski definition) is 4. The number of hydrogen-bond donors (Lipinski definition) is 1. The predicted molar refractivity (Wildman–Crippen MR) is 111 cm³/mol. The second kappa shape index (κ2) is 12.1. The molecule has 1 aromatic rings. The van der Waals surface area contributed by atoms with Crippen LogP contribution in [0.25, 0.3) is 6.08 Å². The SMILES string of the molecule is CCOC(=O)CCCNC(=NC)N1CCN(C/C=C/c2ccccc2)CC1. The van der Waals surface area contributed by atoms with E-state index in [9.17, 15) is 4.79 Å². The molecule has 2 rings (SSSR count). The molecule has 1 heterocycles. The van der Waals surface area contributed by atoms with Crippen molar-refractivity contribution in [3.8, 4) is 0 Å². The van der Waals surface area contributed by atoms with Gasteiger partial charge in [0.2, 0.25) is 0 Å². The number of nitrogens with zero attached hydrogens (tertiary/aromatic N) is 3. The molecule has 1 aliphatic rings. The summed E-state index contributed by atoms with van der Waals surface area (Å²) in [5.41, 5.74) is 1.24. The molecular weight excluding hydrogens is 340 g/mol. The molecule has 1 N–H and O–H groups in total. The molecule has 1 aromatic carbocycles. The number of carbonyl (C=O) groups excluding carboxylic acids is 1. The Morgan fingerprint density at radius 1 is 1.22 bits per heavy atom. The number of esters is 1. The summed E-state index contributed by atoms with van der Waals surface area (Å²) in [7, 11) is 1.81. The van der Waals surface area contributed by atoms with Crippen molar-refractivity contribution in [1.82, 2.24) is 15.1 Å². The molecule has 0 aromatic heterocycles. The van der Waals surface area contributed by atoms with Crippen LogP contribution >= 0.6 is 0 Å². The van der Waals surface area contributed by atoms with Gasteiger partial charge in [0.15, 0.2) is 5.96 Å². The molecule has 0 amide bonds. The van der Waals surface area contributed by atoms with Crippen LogP contribution in [0.15, 0.2) is 41.4 Å². The normalized spacial score (nSPS) is 15.9. The Kier molecular flexibility index (Phi) is 9.41. The maximum atomic E-state index is 11.4. The summed E-state index contributed by atoms with van der Waals surface area (Å²) in [6, 6.07) is 10.4. The van der Waals surface area contributed by atoms with Crippen LogP contribution in [-0.4, -0.2) is 74.7 Å². The zero-order chi connectivity index (χ0) is 19.3. The highest BCUT2D eigenvalue weighted by atomic mass is 16.5. The van der Waals surface area contributed by atoms with Crippen molar-refractivity contribution in [3.05, 3.63) is 42.0 Å². The van der Waals surface area contributed by atoms with E-state index in [2.05, 4.69) is 56.5 Å². The highest BCUT2D eigenvalue weighted by molar-refractivity contribution is 5.80. The highest BCUT2D eigenvalue weighted by Crippen LogP contribution is 2.05. The fraction of sp³-hybridized carbons (Fsp3) is 0.524. The molecule has 6 heteroatoms. The van der Waals surface area contributed by atoms with Crippen LogP contribution < -0.4 is 5.32 Å². The van der Waals surface area contributed by atoms with Crippen LogP contribution in [0.3, 0.4) is 0 Å². The quantitative estimate of drug-likeness (QED) is 0.328. The topological polar surface area (TPSA) is 57.2 Å². The first kappa shape index (κ1) is 21.0. The van der Waals surface area contributed by atoms with Crippen molar-refractivity contribution in [1.29, 1.82) is 0 Å². The van der Waals surface area contributed by atoms with E-state index in [1.807, 2.05) is 20.0 Å². The smallest absolute Gasteiger partial charge is 0.305 e. The summed E-state index contributed by atoms with van der Waals surface area (Å²) >= 11 is 0. The van der Waals surface area contributed by atoms with Crippen LogP contribution in [0, 0.1) is 0 Å². The van der Waals surface area contributed by atoms with Crippen LogP contribution in [0.2, 0.25) is 0 Å². The van der Waals surface area contributed by atoms with Gasteiger partial charge in [-0.2, -0.15) is 0 Å². The molecule has 0 bridgehead atoms. The van der Waals surface area contributed by atoms with Crippen LogP contribution in [-0.2, 0) is 9.53 Å². The van der Waals surface area contributed by atoms with Crippen molar-refractivity contribution >= 4 is 18.0 Å². The van der Waals surface area contributed by atoms with Crippen molar-refractivity contribution in [2.45, 2.75) is 19.8 Å². The zero-order valence-electron chi connectivity index (χ0n) is 16.6. The average Bonchev–Trinajstić information content (AvgIpc) is 2.70. The van der Waals surface area contributed by atoms with Gasteiger partial charge in [0.1, 0.15) is 0 Å². The van der Waals surface area contributed by atoms with Gasteiger partial charge in [-0.1, -0.05) is 42.5 Å². The van der Waals surface area contributed by atoms with Gasteiger partial charge in [-0.15, -0.1) is 0 Å². The third kappa shape index (κ3) is 7.83. The molecule has 0 unspecified atom stereocenters. The fourth-order valence-corrected chi connectivity index (χ4v) is 3.04. The maximum absolute atomic E-state index is 11.4. The molecule has 6 nitrogen and oxygen atoms in total. The lowest BCUT2D eigenvalue weighted by atomic mass is 10.2. The Bertz CT molecular complexity index is 608. The summed E-state index contributed by atoms with van der Waals surface area (Å²) in [6.07, 6.45) is 5.60. The van der Waals surface area contributed by atoms with Gasteiger partial charge in [0, 0.05) is 52.7 Å². The minimum Gasteiger partial charge on any atom is -0.466 e. The summed E-state index contributed by atoms with van der Waals surface area (Å²) < 4.78 is 4.95. The fourth-order valence-electron chi connectivity index (χ4n) is 3.04. The largest absolute Gasteiger partial charge is 0.466 e. The number of carbonyl (C=O) groups is 1.